The number of piperidine rings is 1. The van der Waals surface area contributed by atoms with Crippen molar-refractivity contribution in [3.63, 3.8) is 0 Å². The van der Waals surface area contributed by atoms with Crippen LogP contribution in [0.15, 0.2) is 39.9 Å². The molecule has 17 heteroatoms. The lowest BCUT2D eigenvalue weighted by molar-refractivity contribution is -0.118. The van der Waals surface area contributed by atoms with E-state index in [0.717, 1.165) is 50.5 Å². The third-order valence-corrected chi connectivity index (χ3v) is 9.03. The second-order valence-corrected chi connectivity index (χ2v) is 12.7. The van der Waals surface area contributed by atoms with Crippen molar-refractivity contribution in [3.8, 4) is 0 Å². The van der Waals surface area contributed by atoms with Crippen LogP contribution in [0.25, 0.3) is 0 Å². The number of nitrogens with zero attached hydrogens (tertiary/aromatic N) is 6. The summed E-state index contributed by atoms with van der Waals surface area (Å²) < 4.78 is 93.7. The molecule has 5 rings (SSSR count). The number of aliphatic imine (C=N–C) groups is 1. The second-order valence-electron chi connectivity index (χ2n) is 11.0. The van der Waals surface area contributed by atoms with Gasteiger partial charge in [0.2, 0.25) is 0 Å². The van der Waals surface area contributed by atoms with Gasteiger partial charge in [-0.15, -0.1) is 4.40 Å². The van der Waals surface area contributed by atoms with Gasteiger partial charge in [-0.25, -0.2) is 18.5 Å². The molecule has 0 bridgehead atoms. The molecular formula is C27H32ClF5N8O2S. The number of hydrogen-bond donors (Lipinski definition) is 2. The van der Waals surface area contributed by atoms with E-state index in [1.807, 2.05) is 4.72 Å². The first-order valence-electron chi connectivity index (χ1n) is 14.1. The lowest BCUT2D eigenvalue weighted by Gasteiger charge is -2.47. The minimum atomic E-state index is -4.62. The predicted octanol–water partition coefficient (Wildman–Crippen LogP) is 4.20. The first-order chi connectivity index (χ1) is 20.8. The first-order valence-corrected chi connectivity index (χ1v) is 16.0. The summed E-state index contributed by atoms with van der Waals surface area (Å²) in [6.45, 7) is 4.99. The van der Waals surface area contributed by atoms with Crippen LogP contribution >= 0.6 is 11.6 Å². The molecule has 3 aliphatic heterocycles. The van der Waals surface area contributed by atoms with Crippen molar-refractivity contribution in [1.82, 2.24) is 19.5 Å². The molecule has 1 atom stereocenters. The average molecular weight is 663 g/mol. The average Bonchev–Trinajstić information content (AvgIpc) is 3.26. The number of alkyl halides is 3. The summed E-state index contributed by atoms with van der Waals surface area (Å²) >= 11 is 6.58. The predicted molar refractivity (Wildman–Crippen MR) is 158 cm³/mol. The monoisotopic (exact) mass is 662 g/mol. The second kappa shape index (κ2) is 13.1. The molecule has 2 fully saturated rings. The van der Waals surface area contributed by atoms with Crippen LogP contribution in [0.5, 0.6) is 0 Å². The number of aromatic nitrogens is 1. The van der Waals surface area contributed by atoms with Gasteiger partial charge >= 0.3 is 16.4 Å². The number of pyridine rings is 1. The molecule has 0 aliphatic carbocycles. The van der Waals surface area contributed by atoms with Gasteiger partial charge in [-0.1, -0.05) is 24.6 Å². The summed E-state index contributed by atoms with van der Waals surface area (Å²) in [6.07, 6.45) is -0.385. The van der Waals surface area contributed by atoms with Gasteiger partial charge in [0.05, 0.1) is 16.9 Å². The van der Waals surface area contributed by atoms with E-state index in [-0.39, 0.29) is 16.8 Å². The Morgan fingerprint density at radius 2 is 1.86 bits per heavy atom. The molecule has 2 N–H and O–H groups in total. The van der Waals surface area contributed by atoms with Gasteiger partial charge in [-0.05, 0) is 56.1 Å². The van der Waals surface area contributed by atoms with Gasteiger partial charge in [0.25, 0.3) is 0 Å². The highest BCUT2D eigenvalue weighted by atomic mass is 35.5. The van der Waals surface area contributed by atoms with E-state index in [9.17, 15) is 30.4 Å². The third kappa shape index (κ3) is 7.95. The third-order valence-electron chi connectivity index (χ3n) is 7.88. The maximum Gasteiger partial charge on any atom is 0.408 e. The Morgan fingerprint density at radius 3 is 2.52 bits per heavy atom. The summed E-state index contributed by atoms with van der Waals surface area (Å²) in [6, 6.07) is 6.18. The van der Waals surface area contributed by atoms with Gasteiger partial charge in [0.1, 0.15) is 12.4 Å². The molecular weight excluding hydrogens is 631 g/mol. The van der Waals surface area contributed by atoms with E-state index in [1.54, 1.807) is 6.07 Å². The van der Waals surface area contributed by atoms with Crippen LogP contribution in [0, 0.1) is 11.6 Å². The molecule has 240 valence electrons. The molecule has 0 unspecified atom stereocenters. The minimum absolute atomic E-state index is 0.233. The SMILES string of the molecule is CC[C@H]1CN(c2ncc(NC3=NS(=O)(=O)NC3=NCC(F)(F)F)cc2Cl)CCN1C1CCN(Cc2ccc(F)c(F)c2)CC1. The Hall–Kier alpha value is -3.08. The molecule has 0 amide bonds. The number of hydrogen-bond acceptors (Lipinski definition) is 8. The van der Waals surface area contributed by atoms with Gasteiger partial charge in [-0.3, -0.25) is 14.8 Å². The smallest absolute Gasteiger partial charge is 0.353 e. The Labute approximate surface area is 257 Å². The Morgan fingerprint density at radius 1 is 1.11 bits per heavy atom. The lowest BCUT2D eigenvalue weighted by Crippen LogP contribution is -2.58. The molecule has 44 heavy (non-hydrogen) atoms. The fourth-order valence-electron chi connectivity index (χ4n) is 5.79. The maximum atomic E-state index is 13.6. The topological polar surface area (TPSA) is 106 Å². The fraction of sp³-hybridized carbons (Fsp3) is 0.519. The van der Waals surface area contributed by atoms with Crippen molar-refractivity contribution in [1.29, 1.82) is 0 Å². The number of halogens is 6. The molecule has 3 aliphatic rings. The van der Waals surface area contributed by atoms with Gasteiger partial charge < -0.3 is 10.2 Å². The Bertz CT molecular complexity index is 1530. The number of rotatable bonds is 7. The normalized spacial score (nSPS) is 22.7. The van der Waals surface area contributed by atoms with Crippen molar-refractivity contribution in [3.05, 3.63) is 52.7 Å². The largest absolute Gasteiger partial charge is 0.408 e. The van der Waals surface area contributed by atoms with Crippen LogP contribution in [-0.2, 0) is 16.8 Å². The van der Waals surface area contributed by atoms with E-state index in [4.69, 9.17) is 11.6 Å². The summed E-state index contributed by atoms with van der Waals surface area (Å²) in [5.74, 6) is -2.08. The molecule has 1 aromatic carbocycles. The van der Waals surface area contributed by atoms with Crippen LogP contribution in [0.3, 0.4) is 0 Å². The zero-order valence-electron chi connectivity index (χ0n) is 23.8. The van der Waals surface area contributed by atoms with E-state index in [1.165, 1.54) is 18.3 Å². The van der Waals surface area contributed by atoms with E-state index in [0.29, 0.717) is 31.5 Å². The van der Waals surface area contributed by atoms with Gasteiger partial charge in [-0.2, -0.15) is 21.6 Å². The fourth-order valence-corrected chi connectivity index (χ4v) is 6.90. The summed E-state index contributed by atoms with van der Waals surface area (Å²) in [5.41, 5.74) is 0.984. The molecule has 2 saturated heterocycles. The number of nitrogens with one attached hydrogen (secondary N) is 2. The van der Waals surface area contributed by atoms with Crippen molar-refractivity contribution in [2.45, 2.75) is 51.0 Å². The highest BCUT2D eigenvalue weighted by molar-refractivity contribution is 7.89. The van der Waals surface area contributed by atoms with Gasteiger partial charge in [0.15, 0.2) is 23.3 Å². The maximum absolute atomic E-state index is 13.6. The summed E-state index contributed by atoms with van der Waals surface area (Å²) in [5, 5.41) is 2.93. The quantitative estimate of drug-likeness (QED) is 0.429. The molecule has 1 aromatic heterocycles. The van der Waals surface area contributed by atoms with Crippen LogP contribution in [0.2, 0.25) is 5.02 Å². The standard InChI is InChI=1S/C27H32ClF5N8O2S/c1-2-19-15-40(9-10-41(19)20-5-7-39(8-6-20)14-17-3-4-22(29)23(30)11-17)26-21(28)12-18(13-34-26)36-25-24(35-16-27(31,32)33)37-44(42,43)38-25/h3-4,11-13,19-20H,2,5-10,14-16H2,1H3,(H,35,37)(H,36,38)/t19-/m0/s1. The number of anilines is 2. The van der Waals surface area contributed by atoms with E-state index in [2.05, 4.69) is 41.3 Å². The molecule has 0 saturated carbocycles. The van der Waals surface area contributed by atoms with Crippen molar-refractivity contribution >= 4 is 45.0 Å². The minimum Gasteiger partial charge on any atom is -0.353 e. The number of likely N-dealkylation sites (tertiary alicyclic amines) is 1. The summed E-state index contributed by atoms with van der Waals surface area (Å²) in [4.78, 5) is 14.6. The molecule has 2 aromatic rings. The van der Waals surface area contributed by atoms with E-state index < -0.39 is 46.2 Å². The van der Waals surface area contributed by atoms with Crippen LogP contribution in [0.1, 0.15) is 31.7 Å². The first kappa shape index (κ1) is 32.3. The van der Waals surface area contributed by atoms with Crippen molar-refractivity contribution < 1.29 is 30.4 Å². The zero-order valence-corrected chi connectivity index (χ0v) is 25.4. The number of amidine groups is 2. The number of piperazine rings is 1. The van der Waals surface area contributed by atoms with Crippen LogP contribution in [0.4, 0.5) is 33.5 Å². The highest BCUT2D eigenvalue weighted by Crippen LogP contribution is 2.31. The van der Waals surface area contributed by atoms with Crippen LogP contribution < -0.4 is 14.9 Å². The number of benzene rings is 1. The Kier molecular flexibility index (Phi) is 9.63. The Balaban J connectivity index is 1.18. The zero-order chi connectivity index (χ0) is 31.6. The molecule has 4 heterocycles. The molecule has 10 nitrogen and oxygen atoms in total. The van der Waals surface area contributed by atoms with Crippen molar-refractivity contribution in [2.75, 3.05) is 49.5 Å². The van der Waals surface area contributed by atoms with E-state index >= 15 is 0 Å². The highest BCUT2D eigenvalue weighted by Gasteiger charge is 2.35. The molecule has 0 radical (unpaired) electrons. The van der Waals surface area contributed by atoms with Gasteiger partial charge in [0, 0.05) is 38.3 Å². The molecule has 0 spiro atoms. The van der Waals surface area contributed by atoms with Crippen LogP contribution in [-0.4, -0.2) is 92.4 Å². The summed E-state index contributed by atoms with van der Waals surface area (Å²) in [7, 11) is -4.23. The van der Waals surface area contributed by atoms with Crippen molar-refractivity contribution in [2.24, 2.45) is 9.39 Å². The lowest BCUT2D eigenvalue weighted by atomic mass is 9.98.